The predicted octanol–water partition coefficient (Wildman–Crippen LogP) is -1.04. The van der Waals surface area contributed by atoms with E-state index in [9.17, 15) is 9.59 Å². The highest BCUT2D eigenvalue weighted by Gasteiger charge is 2.08. The molecule has 0 saturated heterocycles. The van der Waals surface area contributed by atoms with Gasteiger partial charge in [-0.1, -0.05) is 0 Å². The van der Waals surface area contributed by atoms with E-state index in [1.165, 1.54) is 4.68 Å². The van der Waals surface area contributed by atoms with E-state index < -0.39 is 5.97 Å². The summed E-state index contributed by atoms with van der Waals surface area (Å²) in [4.78, 5) is 20.9. The summed E-state index contributed by atoms with van der Waals surface area (Å²) in [6.07, 6.45) is 1.06. The normalized spacial score (nSPS) is 10.2. The van der Waals surface area contributed by atoms with Gasteiger partial charge < -0.3 is 10.8 Å². The van der Waals surface area contributed by atoms with Gasteiger partial charge >= 0.3 is 5.97 Å². The van der Waals surface area contributed by atoms with Crippen molar-refractivity contribution < 1.29 is 14.7 Å². The molecule has 0 aromatic carbocycles. The van der Waals surface area contributed by atoms with Gasteiger partial charge in [0.25, 0.3) is 0 Å². The molecule has 1 aromatic rings. The molecule has 0 aliphatic heterocycles. The third-order valence-electron chi connectivity index (χ3n) is 1.96. The lowest BCUT2D eigenvalue weighted by molar-refractivity contribution is -0.137. The first-order valence-corrected chi connectivity index (χ1v) is 4.84. The number of carbonyl (C=O) groups is 2. The van der Waals surface area contributed by atoms with Crippen LogP contribution in [0.3, 0.4) is 0 Å². The molecule has 0 fully saturated rings. The maximum atomic E-state index is 10.5. The number of nitrogens with zero attached hydrogens (tertiary/aromatic N) is 4. The lowest BCUT2D eigenvalue weighted by Crippen LogP contribution is -2.13. The zero-order valence-corrected chi connectivity index (χ0v) is 8.67. The molecule has 0 atom stereocenters. The van der Waals surface area contributed by atoms with E-state index >= 15 is 0 Å². The summed E-state index contributed by atoms with van der Waals surface area (Å²) in [5, 5.41) is 19.4. The lowest BCUT2D eigenvalue weighted by atomic mass is 10.3. The quantitative estimate of drug-likeness (QED) is 0.612. The molecule has 0 unspecified atom stereocenters. The van der Waals surface area contributed by atoms with Gasteiger partial charge in [-0.3, -0.25) is 9.59 Å². The zero-order valence-electron chi connectivity index (χ0n) is 8.67. The molecule has 0 saturated carbocycles. The number of hydrogen-bond acceptors (Lipinski definition) is 5. The van der Waals surface area contributed by atoms with Crippen LogP contribution in [0.2, 0.25) is 0 Å². The molecule has 0 spiro atoms. The Hall–Kier alpha value is -1.99. The van der Waals surface area contributed by atoms with Gasteiger partial charge in [-0.15, -0.1) is 5.10 Å². The van der Waals surface area contributed by atoms with Gasteiger partial charge in [0.15, 0.2) is 5.82 Å². The van der Waals surface area contributed by atoms with Gasteiger partial charge in [0.2, 0.25) is 5.91 Å². The Morgan fingerprint density at radius 3 is 2.75 bits per heavy atom. The Bertz CT molecular complexity index is 376. The maximum absolute atomic E-state index is 10.5. The molecule has 1 aromatic heterocycles. The van der Waals surface area contributed by atoms with Gasteiger partial charge in [-0.05, 0) is 16.8 Å². The van der Waals surface area contributed by atoms with Crippen molar-refractivity contribution in [1.82, 2.24) is 20.2 Å². The van der Waals surface area contributed by atoms with Crippen LogP contribution in [0, 0.1) is 0 Å². The summed E-state index contributed by atoms with van der Waals surface area (Å²) in [5.41, 5.74) is 4.99. The number of hydrogen-bond donors (Lipinski definition) is 2. The Balaban J connectivity index is 2.43. The van der Waals surface area contributed by atoms with E-state index in [0.717, 1.165) is 0 Å². The van der Waals surface area contributed by atoms with E-state index in [1.807, 2.05) is 0 Å². The standard InChI is InChI=1S/C8H13N5O3/c9-6(14)2-1-5-13-7(10-11-12-13)3-4-8(15)16/h1-5H2,(H2,9,14)(H,15,16). The van der Waals surface area contributed by atoms with Crippen molar-refractivity contribution in [3.05, 3.63) is 5.82 Å². The zero-order chi connectivity index (χ0) is 12.0. The topological polar surface area (TPSA) is 124 Å². The molecular weight excluding hydrogens is 214 g/mol. The van der Waals surface area contributed by atoms with Crippen LogP contribution in [0.4, 0.5) is 0 Å². The van der Waals surface area contributed by atoms with Crippen molar-refractivity contribution in [1.29, 1.82) is 0 Å². The van der Waals surface area contributed by atoms with Crippen molar-refractivity contribution in [3.63, 3.8) is 0 Å². The summed E-state index contributed by atoms with van der Waals surface area (Å²) in [7, 11) is 0. The molecule has 1 heterocycles. The number of aromatic nitrogens is 4. The molecular formula is C8H13N5O3. The van der Waals surface area contributed by atoms with Gasteiger partial charge in [0.05, 0.1) is 6.42 Å². The molecule has 88 valence electrons. The van der Waals surface area contributed by atoms with Crippen LogP contribution in [-0.4, -0.2) is 37.2 Å². The Morgan fingerprint density at radius 1 is 1.38 bits per heavy atom. The molecule has 8 heteroatoms. The van der Waals surface area contributed by atoms with Crippen LogP contribution in [0.1, 0.15) is 25.1 Å². The highest BCUT2D eigenvalue weighted by molar-refractivity contribution is 5.73. The number of tetrazole rings is 1. The van der Waals surface area contributed by atoms with Crippen LogP contribution in [0.25, 0.3) is 0 Å². The van der Waals surface area contributed by atoms with Crippen molar-refractivity contribution in [3.8, 4) is 0 Å². The van der Waals surface area contributed by atoms with Gasteiger partial charge in [-0.25, -0.2) is 4.68 Å². The number of carbonyl (C=O) groups excluding carboxylic acids is 1. The smallest absolute Gasteiger partial charge is 0.303 e. The third kappa shape index (κ3) is 4.03. The predicted molar refractivity (Wildman–Crippen MR) is 52.2 cm³/mol. The molecule has 8 nitrogen and oxygen atoms in total. The Morgan fingerprint density at radius 2 is 2.12 bits per heavy atom. The number of aryl methyl sites for hydroxylation is 2. The van der Waals surface area contributed by atoms with Crippen LogP contribution >= 0.6 is 0 Å². The number of primary amides is 1. The highest BCUT2D eigenvalue weighted by atomic mass is 16.4. The van der Waals surface area contributed by atoms with Gasteiger partial charge in [0.1, 0.15) is 0 Å². The molecule has 0 aliphatic carbocycles. The average molecular weight is 227 g/mol. The fourth-order valence-corrected chi connectivity index (χ4v) is 1.20. The van der Waals surface area contributed by atoms with Gasteiger partial charge in [0, 0.05) is 19.4 Å². The summed E-state index contributed by atoms with van der Waals surface area (Å²) in [5.74, 6) is -0.765. The largest absolute Gasteiger partial charge is 0.481 e. The van der Waals surface area contributed by atoms with Crippen molar-refractivity contribution in [2.45, 2.75) is 32.2 Å². The fourth-order valence-electron chi connectivity index (χ4n) is 1.20. The average Bonchev–Trinajstić information content (AvgIpc) is 2.62. The van der Waals surface area contributed by atoms with E-state index in [0.29, 0.717) is 18.8 Å². The highest BCUT2D eigenvalue weighted by Crippen LogP contribution is 2.00. The minimum atomic E-state index is -0.897. The molecule has 3 N–H and O–H groups in total. The second kappa shape index (κ2) is 5.79. The maximum Gasteiger partial charge on any atom is 0.303 e. The summed E-state index contributed by atoms with van der Waals surface area (Å²) in [6, 6.07) is 0. The lowest BCUT2D eigenvalue weighted by Gasteiger charge is -2.01. The summed E-state index contributed by atoms with van der Waals surface area (Å²) in [6.45, 7) is 0.463. The van der Waals surface area contributed by atoms with Crippen LogP contribution < -0.4 is 5.73 Å². The van der Waals surface area contributed by atoms with E-state index in [1.54, 1.807) is 0 Å². The number of carboxylic acid groups (broad SMARTS) is 1. The monoisotopic (exact) mass is 227 g/mol. The molecule has 0 radical (unpaired) electrons. The molecule has 16 heavy (non-hydrogen) atoms. The summed E-state index contributed by atoms with van der Waals surface area (Å²) >= 11 is 0. The first kappa shape index (κ1) is 12.1. The van der Waals surface area contributed by atoms with Crippen LogP contribution in [-0.2, 0) is 22.6 Å². The minimum absolute atomic E-state index is 0.0177. The Kier molecular flexibility index (Phi) is 4.37. The SMILES string of the molecule is NC(=O)CCCn1nnnc1CCC(=O)O. The van der Waals surface area contributed by atoms with Crippen LogP contribution in [0.5, 0.6) is 0 Å². The van der Waals surface area contributed by atoms with E-state index in [2.05, 4.69) is 15.5 Å². The summed E-state index contributed by atoms with van der Waals surface area (Å²) < 4.78 is 1.49. The first-order chi connectivity index (χ1) is 7.59. The van der Waals surface area contributed by atoms with Crippen molar-refractivity contribution in [2.75, 3.05) is 0 Å². The van der Waals surface area contributed by atoms with Gasteiger partial charge in [-0.2, -0.15) is 0 Å². The number of carboxylic acids is 1. The Labute approximate surface area is 91.4 Å². The van der Waals surface area contributed by atoms with Crippen LogP contribution in [0.15, 0.2) is 0 Å². The number of amides is 1. The van der Waals surface area contributed by atoms with Crippen molar-refractivity contribution in [2.24, 2.45) is 5.73 Å². The number of rotatable bonds is 7. The molecule has 0 bridgehead atoms. The minimum Gasteiger partial charge on any atom is -0.481 e. The number of nitrogens with two attached hydrogens (primary N) is 1. The fraction of sp³-hybridized carbons (Fsp3) is 0.625. The molecule has 0 aliphatic rings. The number of aliphatic carboxylic acids is 1. The molecule has 1 amide bonds. The first-order valence-electron chi connectivity index (χ1n) is 4.84. The van der Waals surface area contributed by atoms with Crippen molar-refractivity contribution >= 4 is 11.9 Å². The van der Waals surface area contributed by atoms with E-state index in [-0.39, 0.29) is 25.2 Å². The molecule has 1 rings (SSSR count). The van der Waals surface area contributed by atoms with E-state index in [4.69, 9.17) is 10.8 Å². The second-order valence-corrected chi connectivity index (χ2v) is 3.28. The third-order valence-corrected chi connectivity index (χ3v) is 1.96. The second-order valence-electron chi connectivity index (χ2n) is 3.28.